The van der Waals surface area contributed by atoms with Gasteiger partial charge < -0.3 is 10.1 Å². The number of ether oxygens (including phenoxy) is 1. The highest BCUT2D eigenvalue weighted by Gasteiger charge is 2.06. The summed E-state index contributed by atoms with van der Waals surface area (Å²) in [7, 11) is 0. The van der Waals surface area contributed by atoms with Crippen LogP contribution in [0.2, 0.25) is 0 Å². The third-order valence-corrected chi connectivity index (χ3v) is 3.32. The SMILES string of the molecule is CC(C)Oc1nccc2cc(NCc3ccncc3)ccc12. The topological polar surface area (TPSA) is 47.0 Å². The van der Waals surface area contributed by atoms with Crippen LogP contribution in [0.15, 0.2) is 55.0 Å². The Morgan fingerprint density at radius 1 is 1.05 bits per heavy atom. The largest absolute Gasteiger partial charge is 0.475 e. The fraction of sp³-hybridized carbons (Fsp3) is 0.222. The number of fused-ring (bicyclic) bond motifs is 1. The van der Waals surface area contributed by atoms with Gasteiger partial charge in [0.2, 0.25) is 5.88 Å². The van der Waals surface area contributed by atoms with E-state index in [-0.39, 0.29) is 6.10 Å². The molecule has 0 aliphatic rings. The van der Waals surface area contributed by atoms with E-state index in [2.05, 4.69) is 33.5 Å². The molecule has 4 heteroatoms. The zero-order chi connectivity index (χ0) is 15.4. The van der Waals surface area contributed by atoms with Crippen molar-refractivity contribution in [1.29, 1.82) is 0 Å². The first-order chi connectivity index (χ1) is 10.7. The van der Waals surface area contributed by atoms with Crippen LogP contribution >= 0.6 is 0 Å². The summed E-state index contributed by atoms with van der Waals surface area (Å²) in [5.41, 5.74) is 2.28. The average molecular weight is 293 g/mol. The van der Waals surface area contributed by atoms with Crippen LogP contribution in [0.1, 0.15) is 19.4 Å². The Bertz CT molecular complexity index is 757. The van der Waals surface area contributed by atoms with E-state index in [1.165, 1.54) is 5.56 Å². The van der Waals surface area contributed by atoms with Crippen molar-refractivity contribution in [3.05, 3.63) is 60.6 Å². The van der Waals surface area contributed by atoms with Crippen molar-refractivity contribution in [2.45, 2.75) is 26.5 Å². The quantitative estimate of drug-likeness (QED) is 0.771. The standard InChI is InChI=1S/C18H19N3O/c1-13(2)22-18-17-4-3-16(11-15(17)7-10-20-18)21-12-14-5-8-19-9-6-14/h3-11,13,21H,12H2,1-2H3. The number of aromatic nitrogens is 2. The molecule has 4 nitrogen and oxygen atoms in total. The monoisotopic (exact) mass is 293 g/mol. The highest BCUT2D eigenvalue weighted by Crippen LogP contribution is 2.26. The molecule has 0 unspecified atom stereocenters. The molecule has 3 aromatic rings. The van der Waals surface area contributed by atoms with E-state index in [1.807, 2.05) is 32.0 Å². The lowest BCUT2D eigenvalue weighted by atomic mass is 10.1. The number of anilines is 1. The summed E-state index contributed by atoms with van der Waals surface area (Å²) in [5.74, 6) is 0.688. The second-order valence-electron chi connectivity index (χ2n) is 5.43. The molecule has 0 aliphatic heterocycles. The van der Waals surface area contributed by atoms with E-state index in [9.17, 15) is 0 Å². The van der Waals surface area contributed by atoms with Gasteiger partial charge in [-0.3, -0.25) is 4.98 Å². The molecule has 3 rings (SSSR count). The molecule has 0 radical (unpaired) electrons. The molecular weight excluding hydrogens is 274 g/mol. The van der Waals surface area contributed by atoms with Gasteiger partial charge in [-0.15, -0.1) is 0 Å². The van der Waals surface area contributed by atoms with Crippen LogP contribution in [-0.4, -0.2) is 16.1 Å². The second-order valence-corrected chi connectivity index (χ2v) is 5.43. The van der Waals surface area contributed by atoms with Crippen LogP contribution in [0.4, 0.5) is 5.69 Å². The van der Waals surface area contributed by atoms with Gasteiger partial charge in [-0.2, -0.15) is 0 Å². The Morgan fingerprint density at radius 2 is 1.86 bits per heavy atom. The van der Waals surface area contributed by atoms with Crippen LogP contribution in [0.5, 0.6) is 5.88 Å². The minimum absolute atomic E-state index is 0.114. The Balaban J connectivity index is 1.81. The van der Waals surface area contributed by atoms with E-state index in [1.54, 1.807) is 18.6 Å². The maximum Gasteiger partial charge on any atom is 0.221 e. The lowest BCUT2D eigenvalue weighted by Crippen LogP contribution is -2.07. The summed E-state index contributed by atoms with van der Waals surface area (Å²) in [6.45, 7) is 4.78. The van der Waals surface area contributed by atoms with Crippen molar-refractivity contribution in [3.63, 3.8) is 0 Å². The van der Waals surface area contributed by atoms with Crippen molar-refractivity contribution in [2.75, 3.05) is 5.32 Å². The molecule has 2 heterocycles. The lowest BCUT2D eigenvalue weighted by Gasteiger charge is -2.12. The van der Waals surface area contributed by atoms with E-state index in [4.69, 9.17) is 4.74 Å². The van der Waals surface area contributed by atoms with Gasteiger partial charge >= 0.3 is 0 Å². The van der Waals surface area contributed by atoms with E-state index in [0.29, 0.717) is 5.88 Å². The molecule has 0 atom stereocenters. The summed E-state index contributed by atoms with van der Waals surface area (Å²) >= 11 is 0. The molecule has 1 N–H and O–H groups in total. The normalized spacial score (nSPS) is 10.9. The smallest absolute Gasteiger partial charge is 0.221 e. The van der Waals surface area contributed by atoms with E-state index < -0.39 is 0 Å². The minimum atomic E-state index is 0.114. The van der Waals surface area contributed by atoms with Gasteiger partial charge in [0.05, 0.1) is 6.10 Å². The number of hydrogen-bond donors (Lipinski definition) is 1. The molecule has 0 aliphatic carbocycles. The molecule has 0 bridgehead atoms. The molecular formula is C18H19N3O. The van der Waals surface area contributed by atoms with Gasteiger partial charge in [-0.1, -0.05) is 0 Å². The van der Waals surface area contributed by atoms with Crippen LogP contribution < -0.4 is 10.1 Å². The van der Waals surface area contributed by atoms with Crippen LogP contribution in [0, 0.1) is 0 Å². The third-order valence-electron chi connectivity index (χ3n) is 3.32. The highest BCUT2D eigenvalue weighted by atomic mass is 16.5. The molecule has 0 saturated carbocycles. The first kappa shape index (κ1) is 14.3. The van der Waals surface area contributed by atoms with Gasteiger partial charge in [-0.05, 0) is 61.2 Å². The molecule has 0 fully saturated rings. The number of benzene rings is 1. The lowest BCUT2D eigenvalue weighted by molar-refractivity contribution is 0.236. The second kappa shape index (κ2) is 6.43. The number of nitrogens with zero attached hydrogens (tertiary/aromatic N) is 2. The fourth-order valence-corrected chi connectivity index (χ4v) is 2.28. The van der Waals surface area contributed by atoms with Gasteiger partial charge in [0, 0.05) is 36.2 Å². The number of nitrogens with one attached hydrogen (secondary N) is 1. The van der Waals surface area contributed by atoms with Gasteiger partial charge in [-0.25, -0.2) is 4.98 Å². The first-order valence-electron chi connectivity index (χ1n) is 7.40. The van der Waals surface area contributed by atoms with Crippen LogP contribution in [0.25, 0.3) is 10.8 Å². The summed E-state index contributed by atoms with van der Waals surface area (Å²) in [6, 6.07) is 12.2. The summed E-state index contributed by atoms with van der Waals surface area (Å²) in [4.78, 5) is 8.35. The Labute approximate surface area is 130 Å². The van der Waals surface area contributed by atoms with Crippen molar-refractivity contribution in [2.24, 2.45) is 0 Å². The molecule has 0 spiro atoms. The summed E-state index contributed by atoms with van der Waals surface area (Å²) < 4.78 is 5.76. The Morgan fingerprint density at radius 3 is 2.64 bits per heavy atom. The molecule has 0 amide bonds. The summed E-state index contributed by atoms with van der Waals surface area (Å²) in [5, 5.41) is 5.57. The fourth-order valence-electron chi connectivity index (χ4n) is 2.28. The predicted molar refractivity (Wildman–Crippen MR) is 89.1 cm³/mol. The van der Waals surface area contributed by atoms with E-state index in [0.717, 1.165) is 23.0 Å². The molecule has 0 saturated heterocycles. The van der Waals surface area contributed by atoms with Gasteiger partial charge in [0.25, 0.3) is 0 Å². The predicted octanol–water partition coefficient (Wildman–Crippen LogP) is 4.03. The molecule has 22 heavy (non-hydrogen) atoms. The number of rotatable bonds is 5. The van der Waals surface area contributed by atoms with Crippen molar-refractivity contribution < 1.29 is 4.74 Å². The number of pyridine rings is 2. The Kier molecular flexibility index (Phi) is 4.19. The van der Waals surface area contributed by atoms with Gasteiger partial charge in [0.15, 0.2) is 0 Å². The zero-order valence-corrected chi connectivity index (χ0v) is 12.8. The van der Waals surface area contributed by atoms with Crippen molar-refractivity contribution in [1.82, 2.24) is 9.97 Å². The van der Waals surface area contributed by atoms with Crippen molar-refractivity contribution >= 4 is 16.5 Å². The van der Waals surface area contributed by atoms with Crippen LogP contribution in [0.3, 0.4) is 0 Å². The first-order valence-corrected chi connectivity index (χ1v) is 7.40. The Hall–Kier alpha value is -2.62. The average Bonchev–Trinajstić information content (AvgIpc) is 2.53. The highest BCUT2D eigenvalue weighted by molar-refractivity contribution is 5.89. The zero-order valence-electron chi connectivity index (χ0n) is 12.8. The number of hydrogen-bond acceptors (Lipinski definition) is 4. The van der Waals surface area contributed by atoms with Gasteiger partial charge in [0.1, 0.15) is 0 Å². The van der Waals surface area contributed by atoms with E-state index >= 15 is 0 Å². The molecule has 1 aromatic carbocycles. The maximum atomic E-state index is 5.76. The third kappa shape index (κ3) is 3.34. The van der Waals surface area contributed by atoms with Crippen molar-refractivity contribution in [3.8, 4) is 5.88 Å². The van der Waals surface area contributed by atoms with Crippen LogP contribution in [-0.2, 0) is 6.54 Å². The molecule has 112 valence electrons. The molecule has 2 aromatic heterocycles. The summed E-state index contributed by atoms with van der Waals surface area (Å²) in [6.07, 6.45) is 5.51. The maximum absolute atomic E-state index is 5.76. The minimum Gasteiger partial charge on any atom is -0.475 e.